The van der Waals surface area contributed by atoms with Crippen LogP contribution in [0.4, 0.5) is 17.2 Å². The van der Waals surface area contributed by atoms with Gasteiger partial charge in [0.05, 0.1) is 24.0 Å². The van der Waals surface area contributed by atoms with Crippen LogP contribution < -0.4 is 15.4 Å². The van der Waals surface area contributed by atoms with Gasteiger partial charge in [-0.05, 0) is 48.9 Å². The number of aryl methyl sites for hydroxylation is 1. The van der Waals surface area contributed by atoms with Crippen molar-refractivity contribution < 1.29 is 9.53 Å². The Balaban J connectivity index is 1.52. The Morgan fingerprint density at radius 2 is 1.83 bits per heavy atom. The molecule has 4 rings (SSSR count). The standard InChI is InChI=1S/C22H19N5O2/c1-14-8-10-19(29-2)18(13-14)24-20-11-9-17(26-27-20)22(28)25-16-7-3-5-15-6-4-12-23-21(15)16/h3-13H,1-2H3,(H,24,27)(H,25,28). The minimum absolute atomic E-state index is 0.208. The monoisotopic (exact) mass is 385 g/mol. The largest absolute Gasteiger partial charge is 0.495 e. The van der Waals surface area contributed by atoms with Gasteiger partial charge in [0.1, 0.15) is 5.75 Å². The van der Waals surface area contributed by atoms with Gasteiger partial charge in [-0.1, -0.05) is 24.3 Å². The number of rotatable bonds is 5. The van der Waals surface area contributed by atoms with E-state index in [1.165, 1.54) is 0 Å². The summed E-state index contributed by atoms with van der Waals surface area (Å²) in [4.78, 5) is 16.9. The third-order valence-electron chi connectivity index (χ3n) is 4.40. The van der Waals surface area contributed by atoms with Gasteiger partial charge in [-0.15, -0.1) is 10.2 Å². The molecule has 0 saturated carbocycles. The quantitative estimate of drug-likeness (QED) is 0.531. The van der Waals surface area contributed by atoms with Crippen LogP contribution in [-0.4, -0.2) is 28.2 Å². The molecular formula is C22H19N5O2. The third-order valence-corrected chi connectivity index (χ3v) is 4.40. The molecule has 144 valence electrons. The summed E-state index contributed by atoms with van der Waals surface area (Å²) in [7, 11) is 1.61. The van der Waals surface area contributed by atoms with Crippen molar-refractivity contribution in [1.29, 1.82) is 0 Å². The summed E-state index contributed by atoms with van der Waals surface area (Å²) in [5.41, 5.74) is 3.42. The Morgan fingerprint density at radius 3 is 2.62 bits per heavy atom. The fourth-order valence-corrected chi connectivity index (χ4v) is 2.97. The predicted molar refractivity (Wildman–Crippen MR) is 113 cm³/mol. The molecule has 0 aliphatic rings. The van der Waals surface area contributed by atoms with Crippen molar-refractivity contribution in [1.82, 2.24) is 15.2 Å². The second-order valence-electron chi connectivity index (χ2n) is 6.47. The SMILES string of the molecule is COc1ccc(C)cc1Nc1ccc(C(=O)Nc2cccc3cccnc23)nn1. The molecule has 7 heteroatoms. The summed E-state index contributed by atoms with van der Waals surface area (Å²) in [6.07, 6.45) is 1.69. The molecule has 4 aromatic rings. The highest BCUT2D eigenvalue weighted by Gasteiger charge is 2.12. The highest BCUT2D eigenvalue weighted by Crippen LogP contribution is 2.27. The van der Waals surface area contributed by atoms with Gasteiger partial charge >= 0.3 is 0 Å². The smallest absolute Gasteiger partial charge is 0.276 e. The molecule has 2 N–H and O–H groups in total. The van der Waals surface area contributed by atoms with Crippen molar-refractivity contribution in [3.8, 4) is 5.75 Å². The first-order valence-electron chi connectivity index (χ1n) is 9.04. The van der Waals surface area contributed by atoms with Crippen LogP contribution in [-0.2, 0) is 0 Å². The van der Waals surface area contributed by atoms with E-state index in [0.717, 1.165) is 22.2 Å². The lowest BCUT2D eigenvalue weighted by Crippen LogP contribution is -2.15. The second kappa shape index (κ2) is 7.93. The van der Waals surface area contributed by atoms with Gasteiger partial charge < -0.3 is 15.4 Å². The first-order valence-corrected chi connectivity index (χ1v) is 9.04. The zero-order chi connectivity index (χ0) is 20.2. The maximum Gasteiger partial charge on any atom is 0.276 e. The molecule has 0 spiro atoms. The predicted octanol–water partition coefficient (Wildman–Crippen LogP) is 4.34. The number of pyridine rings is 1. The summed E-state index contributed by atoms with van der Waals surface area (Å²) in [5, 5.41) is 15.1. The van der Waals surface area contributed by atoms with Gasteiger partial charge in [0.15, 0.2) is 11.5 Å². The Labute approximate surface area is 167 Å². The number of amides is 1. The van der Waals surface area contributed by atoms with E-state index >= 15 is 0 Å². The molecule has 0 atom stereocenters. The average molecular weight is 385 g/mol. The van der Waals surface area contributed by atoms with Crippen LogP contribution in [0.25, 0.3) is 10.9 Å². The van der Waals surface area contributed by atoms with Crippen LogP contribution in [0.5, 0.6) is 5.75 Å². The number of hydrogen-bond donors (Lipinski definition) is 2. The molecule has 2 aromatic carbocycles. The van der Waals surface area contributed by atoms with E-state index in [9.17, 15) is 4.79 Å². The molecule has 0 radical (unpaired) electrons. The van der Waals surface area contributed by atoms with E-state index in [2.05, 4.69) is 25.8 Å². The van der Waals surface area contributed by atoms with E-state index in [-0.39, 0.29) is 11.6 Å². The van der Waals surface area contributed by atoms with Gasteiger partial charge in [0, 0.05) is 11.6 Å². The van der Waals surface area contributed by atoms with Crippen molar-refractivity contribution >= 4 is 34.0 Å². The maximum absolute atomic E-state index is 12.6. The molecule has 0 unspecified atom stereocenters. The van der Waals surface area contributed by atoms with Crippen molar-refractivity contribution in [2.45, 2.75) is 6.92 Å². The first-order chi connectivity index (χ1) is 14.1. The lowest BCUT2D eigenvalue weighted by Gasteiger charge is -2.11. The van der Waals surface area contributed by atoms with Gasteiger partial charge in [-0.25, -0.2) is 0 Å². The number of anilines is 3. The molecule has 0 aliphatic carbocycles. The number of ether oxygens (including phenoxy) is 1. The number of para-hydroxylation sites is 1. The van der Waals surface area contributed by atoms with Crippen LogP contribution in [0.1, 0.15) is 16.1 Å². The molecule has 7 nitrogen and oxygen atoms in total. The summed E-state index contributed by atoms with van der Waals surface area (Å²) in [6.45, 7) is 1.99. The minimum Gasteiger partial charge on any atom is -0.495 e. The Hall–Kier alpha value is -4.00. The normalized spacial score (nSPS) is 10.6. The van der Waals surface area contributed by atoms with Crippen molar-refractivity contribution in [3.05, 3.63) is 78.1 Å². The summed E-state index contributed by atoms with van der Waals surface area (Å²) in [5.74, 6) is 0.857. The molecule has 0 aliphatic heterocycles. The number of nitrogens with one attached hydrogen (secondary N) is 2. The van der Waals surface area contributed by atoms with E-state index in [1.54, 1.807) is 31.5 Å². The molecule has 0 saturated heterocycles. The van der Waals surface area contributed by atoms with Crippen LogP contribution >= 0.6 is 0 Å². The second-order valence-corrected chi connectivity index (χ2v) is 6.47. The number of nitrogens with zero attached hydrogens (tertiary/aromatic N) is 3. The van der Waals surface area contributed by atoms with Gasteiger partial charge in [-0.3, -0.25) is 9.78 Å². The van der Waals surface area contributed by atoms with Gasteiger partial charge in [-0.2, -0.15) is 0 Å². The summed E-state index contributed by atoms with van der Waals surface area (Å²) < 4.78 is 5.36. The maximum atomic E-state index is 12.6. The van der Waals surface area contributed by atoms with Crippen molar-refractivity contribution in [3.63, 3.8) is 0 Å². The molecule has 2 heterocycles. The molecule has 29 heavy (non-hydrogen) atoms. The van der Waals surface area contributed by atoms with E-state index in [4.69, 9.17) is 4.74 Å². The lowest BCUT2D eigenvalue weighted by molar-refractivity contribution is 0.102. The van der Waals surface area contributed by atoms with E-state index in [0.29, 0.717) is 17.3 Å². The van der Waals surface area contributed by atoms with Crippen molar-refractivity contribution in [2.75, 3.05) is 17.7 Å². The molecule has 2 aromatic heterocycles. The number of aromatic nitrogens is 3. The highest BCUT2D eigenvalue weighted by molar-refractivity contribution is 6.07. The van der Waals surface area contributed by atoms with Crippen LogP contribution in [0, 0.1) is 6.92 Å². The number of fused-ring (bicyclic) bond motifs is 1. The van der Waals surface area contributed by atoms with Crippen LogP contribution in [0.3, 0.4) is 0 Å². The highest BCUT2D eigenvalue weighted by atomic mass is 16.5. The number of benzene rings is 2. The van der Waals surface area contributed by atoms with Crippen LogP contribution in [0.2, 0.25) is 0 Å². The minimum atomic E-state index is -0.352. The van der Waals surface area contributed by atoms with Gasteiger partial charge in [0.25, 0.3) is 5.91 Å². The lowest BCUT2D eigenvalue weighted by atomic mass is 10.2. The fraction of sp³-hybridized carbons (Fsp3) is 0.0909. The number of carbonyl (C=O) groups is 1. The third kappa shape index (κ3) is 3.98. The first kappa shape index (κ1) is 18.4. The Kier molecular flexibility index (Phi) is 5.03. The van der Waals surface area contributed by atoms with E-state index < -0.39 is 0 Å². The Bertz CT molecular complexity index is 1170. The number of hydrogen-bond acceptors (Lipinski definition) is 6. The van der Waals surface area contributed by atoms with Crippen LogP contribution in [0.15, 0.2) is 66.9 Å². The zero-order valence-corrected chi connectivity index (χ0v) is 16.0. The molecule has 0 fully saturated rings. The molecule has 0 bridgehead atoms. The van der Waals surface area contributed by atoms with Crippen molar-refractivity contribution in [2.24, 2.45) is 0 Å². The molecular weight excluding hydrogens is 366 g/mol. The zero-order valence-electron chi connectivity index (χ0n) is 16.0. The fourth-order valence-electron chi connectivity index (χ4n) is 2.97. The van der Waals surface area contributed by atoms with Gasteiger partial charge in [0.2, 0.25) is 0 Å². The number of carbonyl (C=O) groups excluding carboxylic acids is 1. The summed E-state index contributed by atoms with van der Waals surface area (Å²) >= 11 is 0. The van der Waals surface area contributed by atoms with E-state index in [1.807, 2.05) is 49.4 Å². The summed E-state index contributed by atoms with van der Waals surface area (Å²) in [6, 6.07) is 18.5. The molecule has 1 amide bonds. The average Bonchev–Trinajstić information content (AvgIpc) is 2.75. The topological polar surface area (TPSA) is 89.0 Å². The Morgan fingerprint density at radius 1 is 0.966 bits per heavy atom. The number of methoxy groups -OCH3 is 1.